The third-order valence-corrected chi connectivity index (χ3v) is 9.22. The van der Waals surface area contributed by atoms with Crippen LogP contribution in [0, 0.1) is 5.92 Å². The van der Waals surface area contributed by atoms with Crippen molar-refractivity contribution in [1.82, 2.24) is 0 Å². The van der Waals surface area contributed by atoms with Crippen molar-refractivity contribution < 1.29 is 19.1 Å². The molecule has 0 aromatic rings. The first-order chi connectivity index (χ1) is 22.2. The van der Waals surface area contributed by atoms with Gasteiger partial charge in [0.15, 0.2) is 0 Å². The van der Waals surface area contributed by atoms with E-state index in [1.807, 2.05) is 0 Å². The van der Waals surface area contributed by atoms with E-state index in [1.165, 1.54) is 128 Å². The highest BCUT2D eigenvalue weighted by atomic mass is 16.6. The van der Waals surface area contributed by atoms with Crippen molar-refractivity contribution in [2.75, 3.05) is 0 Å². The van der Waals surface area contributed by atoms with Gasteiger partial charge < -0.3 is 9.53 Å². The third-order valence-electron chi connectivity index (χ3n) is 9.22. The fraction of sp³-hybridized carbons (Fsp3) is 0.878. The summed E-state index contributed by atoms with van der Waals surface area (Å²) in [5.41, 5.74) is 0. The van der Waals surface area contributed by atoms with Crippen LogP contribution in [0.2, 0.25) is 0 Å². The molecule has 4 heteroatoms. The van der Waals surface area contributed by atoms with Gasteiger partial charge in [-0.15, -0.1) is 0 Å². The van der Waals surface area contributed by atoms with E-state index >= 15 is 0 Å². The maximum Gasteiger partial charge on any atom is 0.316 e. The summed E-state index contributed by atoms with van der Waals surface area (Å²) in [5.74, 6) is -0.711. The molecule has 264 valence electrons. The summed E-state index contributed by atoms with van der Waals surface area (Å²) in [6, 6.07) is 0. The van der Waals surface area contributed by atoms with Crippen LogP contribution in [0.25, 0.3) is 0 Å². The summed E-state index contributed by atoms with van der Waals surface area (Å²) < 4.78 is 5.34. The predicted molar refractivity (Wildman–Crippen MR) is 194 cm³/mol. The van der Waals surface area contributed by atoms with Gasteiger partial charge in [-0.1, -0.05) is 174 Å². The minimum absolute atomic E-state index is 0.118. The lowest BCUT2D eigenvalue weighted by Gasteiger charge is -2.15. The molecular weight excluding hydrogens is 556 g/mol. The highest BCUT2D eigenvalue weighted by molar-refractivity contribution is 5.86. The van der Waals surface area contributed by atoms with Crippen LogP contribution in [0.3, 0.4) is 0 Å². The number of carbonyl (C=O) groups excluding carboxylic acids is 3. The predicted octanol–water partition coefficient (Wildman–Crippen LogP) is 13.3. The highest BCUT2D eigenvalue weighted by Gasteiger charge is 2.22. The fourth-order valence-corrected chi connectivity index (χ4v) is 6.17. The SMILES string of the molecule is CCCCCCCCC=CCCCCCCCC(=O)OC(=O)C(CCCCC)CCCCCCCCCCCCCCCC=O. The Morgan fingerprint density at radius 3 is 1.29 bits per heavy atom. The Kier molecular flexibility index (Phi) is 35.8. The van der Waals surface area contributed by atoms with Crippen LogP contribution < -0.4 is 0 Å². The van der Waals surface area contributed by atoms with E-state index in [2.05, 4.69) is 26.0 Å². The highest BCUT2D eigenvalue weighted by Crippen LogP contribution is 2.21. The van der Waals surface area contributed by atoms with Crippen LogP contribution in [0.1, 0.15) is 226 Å². The average Bonchev–Trinajstić information content (AvgIpc) is 3.03. The van der Waals surface area contributed by atoms with Gasteiger partial charge in [0.25, 0.3) is 0 Å². The zero-order chi connectivity index (χ0) is 32.9. The lowest BCUT2D eigenvalue weighted by atomic mass is 9.94. The number of rotatable bonds is 36. The molecule has 0 aliphatic carbocycles. The molecule has 0 aliphatic rings. The molecule has 0 saturated carbocycles. The van der Waals surface area contributed by atoms with E-state index in [1.54, 1.807) is 0 Å². The van der Waals surface area contributed by atoms with Gasteiger partial charge in [-0.3, -0.25) is 9.59 Å². The summed E-state index contributed by atoms with van der Waals surface area (Å²) in [6.45, 7) is 4.45. The van der Waals surface area contributed by atoms with E-state index in [-0.39, 0.29) is 17.9 Å². The first-order valence-corrected chi connectivity index (χ1v) is 20.0. The standard InChI is InChI=1S/C41H76O4/c1-3-5-7-8-9-10-11-12-13-17-20-23-26-29-33-37-40(43)45-41(44)39(35-31-6-4-2)36-32-28-25-22-19-16-14-15-18-21-24-27-30-34-38-42/h12-13,38-39H,3-11,14-37H2,1-2H3. The Bertz CT molecular complexity index is 670. The molecule has 0 N–H and O–H groups in total. The summed E-state index contributed by atoms with van der Waals surface area (Å²) in [4.78, 5) is 35.5. The Balaban J connectivity index is 3.85. The third kappa shape index (κ3) is 33.7. The van der Waals surface area contributed by atoms with Gasteiger partial charge in [0, 0.05) is 12.8 Å². The smallest absolute Gasteiger partial charge is 0.316 e. The van der Waals surface area contributed by atoms with Crippen LogP contribution in [0.5, 0.6) is 0 Å². The van der Waals surface area contributed by atoms with Gasteiger partial charge in [0.1, 0.15) is 6.29 Å². The summed E-state index contributed by atoms with van der Waals surface area (Å²) in [6.07, 6.45) is 44.1. The normalized spacial score (nSPS) is 12.1. The number of unbranched alkanes of at least 4 members (excludes halogenated alkanes) is 26. The molecule has 4 nitrogen and oxygen atoms in total. The Morgan fingerprint density at radius 1 is 0.467 bits per heavy atom. The van der Waals surface area contributed by atoms with E-state index in [0.717, 1.165) is 83.3 Å². The molecule has 0 aliphatic heterocycles. The number of allylic oxidation sites excluding steroid dienone is 2. The molecule has 0 aromatic carbocycles. The first-order valence-electron chi connectivity index (χ1n) is 20.0. The maximum absolute atomic E-state index is 12.8. The summed E-state index contributed by atoms with van der Waals surface area (Å²) in [5, 5.41) is 0. The van der Waals surface area contributed by atoms with E-state index < -0.39 is 0 Å². The molecule has 1 unspecified atom stereocenters. The topological polar surface area (TPSA) is 60.4 Å². The molecule has 0 heterocycles. The molecule has 0 spiro atoms. The minimum atomic E-state index is -0.323. The number of hydrogen-bond acceptors (Lipinski definition) is 4. The quantitative estimate of drug-likeness (QED) is 0.0227. The van der Waals surface area contributed by atoms with E-state index in [4.69, 9.17) is 4.74 Å². The van der Waals surface area contributed by atoms with Gasteiger partial charge in [0.2, 0.25) is 0 Å². The molecular formula is C41H76O4. The summed E-state index contributed by atoms with van der Waals surface area (Å²) >= 11 is 0. The van der Waals surface area contributed by atoms with Gasteiger partial charge in [-0.25, -0.2) is 0 Å². The van der Waals surface area contributed by atoms with Crippen LogP contribution in [0.4, 0.5) is 0 Å². The van der Waals surface area contributed by atoms with Crippen molar-refractivity contribution in [3.8, 4) is 0 Å². The average molecular weight is 633 g/mol. The molecule has 1 atom stereocenters. The van der Waals surface area contributed by atoms with Gasteiger partial charge in [-0.2, -0.15) is 0 Å². The lowest BCUT2D eigenvalue weighted by molar-refractivity contribution is -0.163. The molecule has 0 bridgehead atoms. The summed E-state index contributed by atoms with van der Waals surface area (Å²) in [7, 11) is 0. The molecule has 0 radical (unpaired) electrons. The minimum Gasteiger partial charge on any atom is -0.393 e. The number of aldehydes is 1. The Morgan fingerprint density at radius 2 is 0.822 bits per heavy atom. The van der Waals surface area contributed by atoms with Crippen molar-refractivity contribution in [3.63, 3.8) is 0 Å². The number of hydrogen-bond donors (Lipinski definition) is 0. The zero-order valence-electron chi connectivity index (χ0n) is 30.3. The van der Waals surface area contributed by atoms with Crippen molar-refractivity contribution in [2.45, 2.75) is 226 Å². The Labute approximate surface area is 280 Å². The van der Waals surface area contributed by atoms with Crippen molar-refractivity contribution in [2.24, 2.45) is 5.92 Å². The second kappa shape index (κ2) is 37.0. The fourth-order valence-electron chi connectivity index (χ4n) is 6.17. The van der Waals surface area contributed by atoms with Crippen LogP contribution >= 0.6 is 0 Å². The molecule has 0 aromatic heterocycles. The second-order valence-corrected chi connectivity index (χ2v) is 13.7. The molecule has 0 fully saturated rings. The van der Waals surface area contributed by atoms with Crippen LogP contribution in [0.15, 0.2) is 12.2 Å². The van der Waals surface area contributed by atoms with Crippen molar-refractivity contribution in [3.05, 3.63) is 12.2 Å². The van der Waals surface area contributed by atoms with Crippen LogP contribution in [-0.2, 0) is 19.1 Å². The second-order valence-electron chi connectivity index (χ2n) is 13.7. The van der Waals surface area contributed by atoms with Crippen molar-refractivity contribution in [1.29, 1.82) is 0 Å². The number of ether oxygens (including phenoxy) is 1. The maximum atomic E-state index is 12.8. The van der Waals surface area contributed by atoms with Gasteiger partial charge in [0.05, 0.1) is 5.92 Å². The van der Waals surface area contributed by atoms with Crippen LogP contribution in [-0.4, -0.2) is 18.2 Å². The van der Waals surface area contributed by atoms with E-state index in [9.17, 15) is 14.4 Å². The molecule has 0 rings (SSSR count). The van der Waals surface area contributed by atoms with E-state index in [0.29, 0.717) is 6.42 Å². The number of esters is 2. The lowest BCUT2D eigenvalue weighted by Crippen LogP contribution is -2.21. The van der Waals surface area contributed by atoms with Gasteiger partial charge in [-0.05, 0) is 51.4 Å². The zero-order valence-corrected chi connectivity index (χ0v) is 30.3. The van der Waals surface area contributed by atoms with Crippen molar-refractivity contribution >= 4 is 18.2 Å². The monoisotopic (exact) mass is 633 g/mol. The first kappa shape index (κ1) is 43.5. The van der Waals surface area contributed by atoms with Gasteiger partial charge >= 0.3 is 11.9 Å². The number of carbonyl (C=O) groups is 3. The Hall–Kier alpha value is -1.45. The molecule has 0 amide bonds. The largest absolute Gasteiger partial charge is 0.393 e. The molecule has 0 saturated heterocycles. The molecule has 45 heavy (non-hydrogen) atoms.